The molecule has 1 atom stereocenters. The molecule has 152 valence electrons. The number of rotatable bonds is 12. The minimum Gasteiger partial charge on any atom is -0.481 e. The summed E-state index contributed by atoms with van der Waals surface area (Å²) in [5.74, 6) is -1.28. The van der Waals surface area contributed by atoms with Crippen molar-refractivity contribution in [2.24, 2.45) is 0 Å². The Morgan fingerprint density at radius 2 is 2.11 bits per heavy atom. The molecule has 1 saturated heterocycles. The van der Waals surface area contributed by atoms with E-state index < -0.39 is 21.7 Å². The molecule has 0 aromatic rings. The van der Waals surface area contributed by atoms with Crippen LogP contribution in [0.25, 0.3) is 0 Å². The Morgan fingerprint density at radius 3 is 2.67 bits per heavy atom. The van der Waals surface area contributed by atoms with Gasteiger partial charge in [-0.25, -0.2) is 8.42 Å². The number of hydrogen-bond donors (Lipinski definition) is 2. The van der Waals surface area contributed by atoms with Crippen molar-refractivity contribution in [3.63, 3.8) is 0 Å². The molecule has 2 N–H and O–H groups in total. The van der Waals surface area contributed by atoms with Crippen LogP contribution in [0.4, 0.5) is 0 Å². The van der Waals surface area contributed by atoms with Crippen molar-refractivity contribution in [2.75, 3.05) is 38.3 Å². The number of carboxylic acid groups (broad SMARTS) is 1. The van der Waals surface area contributed by atoms with Gasteiger partial charge in [-0.2, -0.15) is 5.26 Å². The highest BCUT2D eigenvalue weighted by atomic mass is 32.2. The topological polar surface area (TPSA) is 137 Å². The van der Waals surface area contributed by atoms with Gasteiger partial charge in [0.1, 0.15) is 11.6 Å². The van der Waals surface area contributed by atoms with Gasteiger partial charge in [0, 0.05) is 38.9 Å². The maximum Gasteiger partial charge on any atom is 0.303 e. The van der Waals surface area contributed by atoms with E-state index in [-0.39, 0.29) is 29.5 Å². The fourth-order valence-electron chi connectivity index (χ4n) is 2.77. The molecule has 0 aromatic heterocycles. The average Bonchev–Trinajstić information content (AvgIpc) is 2.97. The van der Waals surface area contributed by atoms with Crippen LogP contribution in [0.5, 0.6) is 0 Å². The van der Waals surface area contributed by atoms with E-state index in [1.807, 2.05) is 6.07 Å². The van der Waals surface area contributed by atoms with Crippen LogP contribution in [-0.2, 0) is 24.2 Å². The van der Waals surface area contributed by atoms with Gasteiger partial charge in [0.15, 0.2) is 9.84 Å². The molecule has 0 radical (unpaired) electrons. The molecule has 0 bridgehead atoms. The van der Waals surface area contributed by atoms with Crippen LogP contribution < -0.4 is 5.32 Å². The number of ether oxygens (including phenoxy) is 1. The van der Waals surface area contributed by atoms with Crippen LogP contribution in [0.2, 0.25) is 0 Å². The van der Waals surface area contributed by atoms with Crippen LogP contribution in [0.1, 0.15) is 32.1 Å². The van der Waals surface area contributed by atoms with Crippen molar-refractivity contribution in [2.45, 2.75) is 38.1 Å². The van der Waals surface area contributed by atoms with Gasteiger partial charge in [-0.3, -0.25) is 9.59 Å². The molecule has 0 aliphatic carbocycles. The number of unbranched alkanes of at least 4 members (excludes halogenated alkanes) is 2. The average molecular weight is 401 g/mol. The van der Waals surface area contributed by atoms with E-state index in [9.17, 15) is 23.3 Å². The summed E-state index contributed by atoms with van der Waals surface area (Å²) in [4.78, 5) is 24.3. The number of hydrogen-bond acceptors (Lipinski definition) is 7. The summed E-state index contributed by atoms with van der Waals surface area (Å²) in [7, 11) is -1.57. The Labute approximate surface area is 159 Å². The van der Waals surface area contributed by atoms with Crippen LogP contribution in [0, 0.1) is 11.3 Å². The van der Waals surface area contributed by atoms with Gasteiger partial charge >= 0.3 is 5.97 Å². The molecule has 1 heterocycles. The van der Waals surface area contributed by atoms with E-state index >= 15 is 0 Å². The summed E-state index contributed by atoms with van der Waals surface area (Å²) in [6, 6.07) is 1.58. The fourth-order valence-corrected chi connectivity index (χ4v) is 4.51. The molecular formula is C17H27N3O6S. The van der Waals surface area contributed by atoms with Gasteiger partial charge < -0.3 is 20.1 Å². The predicted octanol–water partition coefficient (Wildman–Crippen LogP) is 0.291. The molecular weight excluding hydrogens is 374 g/mol. The van der Waals surface area contributed by atoms with E-state index in [2.05, 4.69) is 5.32 Å². The van der Waals surface area contributed by atoms with Crippen LogP contribution in [0.15, 0.2) is 11.8 Å². The standard InChI is InChI=1S/C17H27N3O6S/c1-26-9-8-20(15-6-10-27(24,25)13-15)12-14(11-18)17(23)19-7-4-2-3-5-16(21)22/h12,15H,2-10,13H2,1H3,(H,19,23)(H,21,22)/b14-12-. The molecule has 1 unspecified atom stereocenters. The molecule has 0 aromatic carbocycles. The van der Waals surface area contributed by atoms with E-state index in [4.69, 9.17) is 9.84 Å². The van der Waals surface area contributed by atoms with Gasteiger partial charge in [-0.05, 0) is 19.3 Å². The third kappa shape index (κ3) is 8.88. The quantitative estimate of drug-likeness (QED) is 0.270. The molecule has 0 saturated carbocycles. The summed E-state index contributed by atoms with van der Waals surface area (Å²) in [5, 5.41) is 20.5. The highest BCUT2D eigenvalue weighted by Gasteiger charge is 2.31. The number of aliphatic carboxylic acids is 1. The number of sulfone groups is 1. The first kappa shape index (κ1) is 22.9. The number of methoxy groups -OCH3 is 1. The second-order valence-corrected chi connectivity index (χ2v) is 8.63. The van der Waals surface area contributed by atoms with Gasteiger partial charge in [0.2, 0.25) is 0 Å². The van der Waals surface area contributed by atoms with Crippen molar-refractivity contribution in [1.82, 2.24) is 10.2 Å². The summed E-state index contributed by atoms with van der Waals surface area (Å²) >= 11 is 0. The number of amides is 1. The van der Waals surface area contributed by atoms with Gasteiger partial charge in [-0.1, -0.05) is 6.42 Å². The van der Waals surface area contributed by atoms with Gasteiger partial charge in [0.25, 0.3) is 5.91 Å². The first-order chi connectivity index (χ1) is 12.8. The molecule has 1 fully saturated rings. The van der Waals surface area contributed by atoms with E-state index in [0.29, 0.717) is 45.4 Å². The summed E-state index contributed by atoms with van der Waals surface area (Å²) in [6.07, 6.45) is 3.77. The maximum absolute atomic E-state index is 12.2. The first-order valence-corrected chi connectivity index (χ1v) is 10.7. The lowest BCUT2D eigenvalue weighted by Gasteiger charge is -2.26. The minimum absolute atomic E-state index is 0.00286. The van der Waals surface area contributed by atoms with Crippen molar-refractivity contribution in [3.05, 3.63) is 11.8 Å². The molecule has 27 heavy (non-hydrogen) atoms. The van der Waals surface area contributed by atoms with Crippen LogP contribution in [0.3, 0.4) is 0 Å². The van der Waals surface area contributed by atoms with Gasteiger partial charge in [-0.15, -0.1) is 0 Å². The Hall–Kier alpha value is -2.12. The van der Waals surface area contributed by atoms with Crippen molar-refractivity contribution in [1.29, 1.82) is 5.26 Å². The number of nitrogens with one attached hydrogen (secondary N) is 1. The van der Waals surface area contributed by atoms with E-state index in [1.165, 1.54) is 13.3 Å². The van der Waals surface area contributed by atoms with Crippen LogP contribution >= 0.6 is 0 Å². The lowest BCUT2D eigenvalue weighted by atomic mass is 10.2. The normalized spacial score (nSPS) is 18.7. The van der Waals surface area contributed by atoms with E-state index in [0.717, 1.165) is 0 Å². The lowest BCUT2D eigenvalue weighted by Crippen LogP contribution is -2.36. The van der Waals surface area contributed by atoms with E-state index in [1.54, 1.807) is 4.90 Å². The zero-order chi connectivity index (χ0) is 20.3. The third-order valence-corrected chi connectivity index (χ3v) is 5.99. The molecule has 1 aliphatic heterocycles. The maximum atomic E-state index is 12.2. The van der Waals surface area contributed by atoms with Crippen molar-refractivity contribution in [3.8, 4) is 6.07 Å². The monoisotopic (exact) mass is 401 g/mol. The number of carbonyl (C=O) groups is 2. The number of carbonyl (C=O) groups excluding carboxylic acids is 1. The lowest BCUT2D eigenvalue weighted by molar-refractivity contribution is -0.137. The summed E-state index contributed by atoms with van der Waals surface area (Å²) in [5.41, 5.74) is -0.0964. The second kappa shape index (κ2) is 11.6. The Balaban J connectivity index is 2.62. The molecule has 0 spiro atoms. The SMILES string of the molecule is COCCN(/C=C(/C#N)C(=O)NCCCCCC(=O)O)C1CCS(=O)(=O)C1. The zero-order valence-electron chi connectivity index (χ0n) is 15.5. The minimum atomic E-state index is -3.09. The fraction of sp³-hybridized carbons (Fsp3) is 0.706. The Kier molecular flexibility index (Phi) is 9.82. The number of nitrogens with zero attached hydrogens (tertiary/aromatic N) is 2. The number of nitriles is 1. The summed E-state index contributed by atoms with van der Waals surface area (Å²) in [6.45, 7) is 1.06. The van der Waals surface area contributed by atoms with Crippen molar-refractivity contribution >= 4 is 21.7 Å². The zero-order valence-corrected chi connectivity index (χ0v) is 16.3. The Bertz CT molecular complexity index is 683. The highest BCUT2D eigenvalue weighted by Crippen LogP contribution is 2.19. The largest absolute Gasteiger partial charge is 0.481 e. The molecule has 9 nitrogen and oxygen atoms in total. The van der Waals surface area contributed by atoms with Gasteiger partial charge in [0.05, 0.1) is 18.1 Å². The smallest absolute Gasteiger partial charge is 0.303 e. The highest BCUT2D eigenvalue weighted by molar-refractivity contribution is 7.91. The Morgan fingerprint density at radius 1 is 1.37 bits per heavy atom. The predicted molar refractivity (Wildman–Crippen MR) is 98.5 cm³/mol. The first-order valence-electron chi connectivity index (χ1n) is 8.86. The molecule has 10 heteroatoms. The molecule has 1 rings (SSSR count). The summed E-state index contributed by atoms with van der Waals surface area (Å²) < 4.78 is 28.5. The second-order valence-electron chi connectivity index (χ2n) is 6.40. The third-order valence-electron chi connectivity index (χ3n) is 4.24. The molecule has 1 aliphatic rings. The molecule has 1 amide bonds. The van der Waals surface area contributed by atoms with Crippen molar-refractivity contribution < 1.29 is 27.9 Å². The van der Waals surface area contributed by atoms with Crippen LogP contribution in [-0.4, -0.2) is 74.7 Å². The number of carboxylic acids is 1.